The van der Waals surface area contributed by atoms with Crippen LogP contribution in [0.2, 0.25) is 0 Å². The normalized spacial score (nSPS) is 12.7. The van der Waals surface area contributed by atoms with Gasteiger partial charge < -0.3 is 10.6 Å². The first-order valence-electron chi connectivity index (χ1n) is 8.53. The number of carbonyl (C=O) groups excluding carboxylic acids is 1. The Labute approximate surface area is 155 Å². The topological polar surface area (TPSA) is 41.1 Å². The maximum Gasteiger partial charge on any atom is 0.416 e. The average Bonchev–Trinajstić information content (AvgIpc) is 2.66. The molecule has 3 rings (SSSR count). The summed E-state index contributed by atoms with van der Waals surface area (Å²) in [6, 6.07) is 18.0. The van der Waals surface area contributed by atoms with Crippen LogP contribution in [0.3, 0.4) is 0 Å². The number of hydrogen-bond acceptors (Lipinski definition) is 2. The Bertz CT molecular complexity index is 948. The number of rotatable bonds is 5. The smallest absolute Gasteiger partial charge is 0.324 e. The van der Waals surface area contributed by atoms with Gasteiger partial charge in [0.2, 0.25) is 5.91 Å². The Morgan fingerprint density at radius 2 is 1.70 bits per heavy atom. The summed E-state index contributed by atoms with van der Waals surface area (Å²) in [5, 5.41) is 7.76. The number of anilines is 1. The summed E-state index contributed by atoms with van der Waals surface area (Å²) in [6.45, 7) is 1.71. The number of nitrogens with one attached hydrogen (secondary N) is 2. The Kier molecular flexibility index (Phi) is 5.46. The van der Waals surface area contributed by atoms with Crippen molar-refractivity contribution in [1.82, 2.24) is 5.32 Å². The summed E-state index contributed by atoms with van der Waals surface area (Å²) in [6.07, 6.45) is -4.39. The van der Waals surface area contributed by atoms with Crippen molar-refractivity contribution in [2.75, 3.05) is 11.9 Å². The molecule has 0 aliphatic carbocycles. The van der Waals surface area contributed by atoms with Crippen LogP contribution in [0.4, 0.5) is 18.9 Å². The fourth-order valence-corrected chi connectivity index (χ4v) is 2.88. The van der Waals surface area contributed by atoms with Gasteiger partial charge in [0, 0.05) is 17.1 Å². The largest absolute Gasteiger partial charge is 0.416 e. The Hall–Kier alpha value is -2.86. The van der Waals surface area contributed by atoms with Crippen LogP contribution in [0.25, 0.3) is 10.8 Å². The lowest BCUT2D eigenvalue weighted by Crippen LogP contribution is -2.30. The highest BCUT2D eigenvalue weighted by molar-refractivity contribution is 6.02. The van der Waals surface area contributed by atoms with Crippen molar-refractivity contribution >= 4 is 22.4 Å². The highest BCUT2D eigenvalue weighted by Crippen LogP contribution is 2.30. The van der Waals surface area contributed by atoms with Gasteiger partial charge in [-0.1, -0.05) is 48.5 Å². The van der Waals surface area contributed by atoms with E-state index in [1.54, 1.807) is 13.0 Å². The van der Waals surface area contributed by atoms with Crippen LogP contribution in [-0.4, -0.2) is 12.5 Å². The van der Waals surface area contributed by atoms with Crippen LogP contribution >= 0.6 is 0 Å². The van der Waals surface area contributed by atoms with Crippen LogP contribution in [0.5, 0.6) is 0 Å². The van der Waals surface area contributed by atoms with Gasteiger partial charge in [-0.25, -0.2) is 0 Å². The minimum absolute atomic E-state index is 0.0133. The standard InChI is InChI=1S/C21H19F3N2O/c1-14(16-8-4-9-17(12-16)21(22,23)24)25-13-20(27)26-19-11-5-7-15-6-2-3-10-18(15)19/h2-12,14,25H,13H2,1H3,(H,26,27)/t14-/m0/s1. The van der Waals surface area contributed by atoms with Crippen molar-refractivity contribution in [1.29, 1.82) is 0 Å². The molecule has 3 nitrogen and oxygen atoms in total. The minimum Gasteiger partial charge on any atom is -0.324 e. The number of amides is 1. The second-order valence-electron chi connectivity index (χ2n) is 6.30. The molecule has 0 aromatic heterocycles. The number of alkyl halides is 3. The highest BCUT2D eigenvalue weighted by Gasteiger charge is 2.30. The molecule has 0 aliphatic heterocycles. The van der Waals surface area contributed by atoms with Crippen molar-refractivity contribution < 1.29 is 18.0 Å². The molecule has 3 aromatic carbocycles. The lowest BCUT2D eigenvalue weighted by molar-refractivity contribution is -0.137. The van der Waals surface area contributed by atoms with Gasteiger partial charge in [-0.2, -0.15) is 13.2 Å². The van der Waals surface area contributed by atoms with E-state index in [0.29, 0.717) is 11.3 Å². The molecule has 0 spiro atoms. The first kappa shape index (κ1) is 18.9. The van der Waals surface area contributed by atoms with Gasteiger partial charge in [0.15, 0.2) is 0 Å². The van der Waals surface area contributed by atoms with Crippen LogP contribution < -0.4 is 10.6 Å². The Morgan fingerprint density at radius 3 is 2.48 bits per heavy atom. The van der Waals surface area contributed by atoms with E-state index >= 15 is 0 Å². The van der Waals surface area contributed by atoms with Gasteiger partial charge in [0.1, 0.15) is 0 Å². The van der Waals surface area contributed by atoms with Crippen LogP contribution in [0, 0.1) is 0 Å². The minimum atomic E-state index is -4.39. The number of hydrogen-bond donors (Lipinski definition) is 2. The lowest BCUT2D eigenvalue weighted by atomic mass is 10.0. The fourth-order valence-electron chi connectivity index (χ4n) is 2.88. The lowest BCUT2D eigenvalue weighted by Gasteiger charge is -2.16. The molecule has 2 N–H and O–H groups in total. The third kappa shape index (κ3) is 4.65. The first-order valence-corrected chi connectivity index (χ1v) is 8.53. The molecule has 27 heavy (non-hydrogen) atoms. The molecule has 0 saturated carbocycles. The summed E-state index contributed by atoms with van der Waals surface area (Å²) in [5.74, 6) is -0.259. The van der Waals surface area contributed by atoms with Crippen molar-refractivity contribution in [3.05, 3.63) is 77.9 Å². The van der Waals surface area contributed by atoms with E-state index in [0.717, 1.165) is 22.9 Å². The summed E-state index contributed by atoms with van der Waals surface area (Å²) < 4.78 is 38.5. The van der Waals surface area contributed by atoms with Gasteiger partial charge in [0.05, 0.1) is 12.1 Å². The van der Waals surface area contributed by atoms with Crippen molar-refractivity contribution in [3.63, 3.8) is 0 Å². The predicted molar refractivity (Wildman–Crippen MR) is 100 cm³/mol. The van der Waals surface area contributed by atoms with E-state index in [-0.39, 0.29) is 12.5 Å². The molecule has 3 aromatic rings. The van der Waals surface area contributed by atoms with E-state index in [2.05, 4.69) is 10.6 Å². The van der Waals surface area contributed by atoms with Crippen molar-refractivity contribution in [2.45, 2.75) is 19.1 Å². The van der Waals surface area contributed by atoms with Crippen molar-refractivity contribution in [3.8, 4) is 0 Å². The van der Waals surface area contributed by atoms with Gasteiger partial charge in [-0.15, -0.1) is 0 Å². The van der Waals surface area contributed by atoms with E-state index in [9.17, 15) is 18.0 Å². The summed E-state index contributed by atoms with van der Waals surface area (Å²) in [5.41, 5.74) is 0.475. The molecule has 0 aliphatic rings. The maximum absolute atomic E-state index is 12.8. The molecule has 0 saturated heterocycles. The number of benzene rings is 3. The number of halogens is 3. The quantitative estimate of drug-likeness (QED) is 0.650. The average molecular weight is 372 g/mol. The van der Waals surface area contributed by atoms with Gasteiger partial charge in [-0.05, 0) is 36.1 Å². The third-order valence-corrected chi connectivity index (χ3v) is 4.35. The van der Waals surface area contributed by atoms with E-state index < -0.39 is 17.8 Å². The molecule has 6 heteroatoms. The second-order valence-corrected chi connectivity index (χ2v) is 6.30. The number of fused-ring (bicyclic) bond motifs is 1. The van der Waals surface area contributed by atoms with Gasteiger partial charge in [0.25, 0.3) is 0 Å². The molecule has 0 bridgehead atoms. The summed E-state index contributed by atoms with van der Waals surface area (Å²) in [7, 11) is 0. The van der Waals surface area contributed by atoms with Crippen LogP contribution in [0.1, 0.15) is 24.1 Å². The Morgan fingerprint density at radius 1 is 1.00 bits per heavy atom. The molecule has 0 unspecified atom stereocenters. The zero-order valence-electron chi connectivity index (χ0n) is 14.7. The second kappa shape index (κ2) is 7.80. The molecular weight excluding hydrogens is 353 g/mol. The van der Waals surface area contributed by atoms with Crippen LogP contribution in [-0.2, 0) is 11.0 Å². The zero-order chi connectivity index (χ0) is 19.4. The van der Waals surface area contributed by atoms with E-state index in [1.807, 2.05) is 42.5 Å². The van der Waals surface area contributed by atoms with Gasteiger partial charge in [-0.3, -0.25) is 4.79 Å². The zero-order valence-corrected chi connectivity index (χ0v) is 14.7. The molecule has 0 fully saturated rings. The van der Waals surface area contributed by atoms with Gasteiger partial charge >= 0.3 is 6.18 Å². The highest BCUT2D eigenvalue weighted by atomic mass is 19.4. The van der Waals surface area contributed by atoms with Crippen molar-refractivity contribution in [2.24, 2.45) is 0 Å². The Balaban J connectivity index is 1.64. The fraction of sp³-hybridized carbons (Fsp3) is 0.190. The monoisotopic (exact) mass is 372 g/mol. The molecule has 0 radical (unpaired) electrons. The number of carbonyl (C=O) groups is 1. The molecule has 0 heterocycles. The van der Waals surface area contributed by atoms with Crippen LogP contribution in [0.15, 0.2) is 66.7 Å². The molecule has 140 valence electrons. The summed E-state index contributed by atoms with van der Waals surface area (Å²) in [4.78, 5) is 12.3. The SMILES string of the molecule is C[C@H](NCC(=O)Nc1cccc2ccccc12)c1cccc(C(F)(F)F)c1. The van der Waals surface area contributed by atoms with E-state index in [4.69, 9.17) is 0 Å². The first-order chi connectivity index (χ1) is 12.8. The van der Waals surface area contributed by atoms with E-state index in [1.165, 1.54) is 6.07 Å². The third-order valence-electron chi connectivity index (χ3n) is 4.35. The molecule has 1 amide bonds. The molecule has 1 atom stereocenters. The predicted octanol–water partition coefficient (Wildman–Crippen LogP) is 5.15. The summed E-state index contributed by atoms with van der Waals surface area (Å²) >= 11 is 0. The maximum atomic E-state index is 12.8. The molecular formula is C21H19F3N2O.